The Balaban J connectivity index is 1.47. The topological polar surface area (TPSA) is 68.7 Å². The lowest BCUT2D eigenvalue weighted by Crippen LogP contribution is -2.03. The number of rotatable bonds is 8. The molecule has 0 spiro atoms. The monoisotopic (exact) mass is 499 g/mol. The summed E-state index contributed by atoms with van der Waals surface area (Å²) in [7, 11) is 0. The highest BCUT2D eigenvalue weighted by molar-refractivity contribution is 7.15. The van der Waals surface area contributed by atoms with Gasteiger partial charge in [0.05, 0.1) is 22.6 Å². The van der Waals surface area contributed by atoms with Crippen molar-refractivity contribution < 1.29 is 32.5 Å². The first kappa shape index (κ1) is 24.3. The number of nitrogens with zero attached hydrogens (tertiary/aromatic N) is 1. The second-order valence-corrected chi connectivity index (χ2v) is 8.74. The van der Waals surface area contributed by atoms with Crippen molar-refractivity contribution in [2.45, 2.75) is 26.1 Å². The van der Waals surface area contributed by atoms with Crippen LogP contribution in [0.25, 0.3) is 10.6 Å². The molecule has 1 aromatic heterocycles. The van der Waals surface area contributed by atoms with Gasteiger partial charge in [-0.25, -0.2) is 4.98 Å². The first-order chi connectivity index (χ1) is 16.7. The van der Waals surface area contributed by atoms with E-state index in [1.54, 1.807) is 48.5 Å². The van der Waals surface area contributed by atoms with Crippen molar-refractivity contribution in [1.29, 1.82) is 0 Å². The van der Waals surface area contributed by atoms with Gasteiger partial charge in [-0.3, -0.25) is 4.79 Å². The molecule has 0 aliphatic heterocycles. The molecule has 4 rings (SSSR count). The highest BCUT2D eigenvalue weighted by Crippen LogP contribution is 2.35. The van der Waals surface area contributed by atoms with Crippen molar-refractivity contribution in [3.63, 3.8) is 0 Å². The van der Waals surface area contributed by atoms with E-state index < -0.39 is 17.7 Å². The van der Waals surface area contributed by atoms with E-state index >= 15 is 0 Å². The van der Waals surface area contributed by atoms with Gasteiger partial charge >= 0.3 is 12.1 Å². The Morgan fingerprint density at radius 2 is 1.71 bits per heavy atom. The fourth-order valence-electron chi connectivity index (χ4n) is 3.30. The summed E-state index contributed by atoms with van der Waals surface area (Å²) in [5, 5.41) is 9.61. The van der Waals surface area contributed by atoms with E-state index in [9.17, 15) is 18.0 Å². The molecule has 180 valence electrons. The van der Waals surface area contributed by atoms with Crippen molar-refractivity contribution in [3.8, 4) is 27.8 Å². The second-order valence-electron chi connectivity index (χ2n) is 7.66. The molecule has 0 radical (unpaired) electrons. The Hall–Kier alpha value is -3.85. The van der Waals surface area contributed by atoms with E-state index in [1.807, 2.05) is 6.92 Å². The standard InChI is InChI=1S/C26H20F3NO4S/c1-16-23(35-25(30-16)18-9-11-19(12-10-18)26(27,28)29)15-33-21-7-2-3-8-22(21)34-20-6-4-5-17(13-20)14-24(31)32/h2-13H,14-15H2,1H3,(H,31,32). The molecule has 3 aromatic carbocycles. The van der Waals surface area contributed by atoms with Crippen LogP contribution in [-0.2, 0) is 24.0 Å². The molecule has 0 atom stereocenters. The molecule has 9 heteroatoms. The molecule has 0 aliphatic carbocycles. The quantitative estimate of drug-likeness (QED) is 0.279. The predicted octanol–water partition coefficient (Wildman–Crippen LogP) is 7.14. The smallest absolute Gasteiger partial charge is 0.416 e. The summed E-state index contributed by atoms with van der Waals surface area (Å²) in [5.41, 5.74) is 1.24. The molecule has 0 saturated carbocycles. The minimum atomic E-state index is -4.39. The minimum absolute atomic E-state index is 0.110. The van der Waals surface area contributed by atoms with Gasteiger partial charge in [0.25, 0.3) is 0 Å². The van der Waals surface area contributed by atoms with Crippen LogP contribution < -0.4 is 9.47 Å². The van der Waals surface area contributed by atoms with Crippen molar-refractivity contribution in [3.05, 3.63) is 94.5 Å². The number of thiazole rings is 1. The lowest BCUT2D eigenvalue weighted by Gasteiger charge is -2.12. The molecule has 0 bridgehead atoms. The first-order valence-corrected chi connectivity index (χ1v) is 11.3. The summed E-state index contributed by atoms with van der Waals surface area (Å²) in [6.45, 7) is 2.02. The normalized spacial score (nSPS) is 11.3. The van der Waals surface area contributed by atoms with Crippen LogP contribution in [0.2, 0.25) is 0 Å². The summed E-state index contributed by atoms with van der Waals surface area (Å²) in [4.78, 5) is 16.3. The highest BCUT2D eigenvalue weighted by atomic mass is 32.1. The van der Waals surface area contributed by atoms with Crippen LogP contribution in [0.4, 0.5) is 13.2 Å². The van der Waals surface area contributed by atoms with Gasteiger partial charge in [-0.15, -0.1) is 11.3 Å². The van der Waals surface area contributed by atoms with E-state index in [0.29, 0.717) is 33.4 Å². The number of ether oxygens (including phenoxy) is 2. The van der Waals surface area contributed by atoms with E-state index in [-0.39, 0.29) is 13.0 Å². The largest absolute Gasteiger partial charge is 0.484 e. The Bertz CT molecular complexity index is 1330. The molecule has 1 heterocycles. The lowest BCUT2D eigenvalue weighted by molar-refractivity contribution is -0.138. The number of benzene rings is 3. The van der Waals surface area contributed by atoms with Crippen LogP contribution in [0.5, 0.6) is 17.2 Å². The summed E-state index contributed by atoms with van der Waals surface area (Å²) in [6, 6.07) is 18.8. The number of aryl methyl sites for hydroxylation is 1. The second kappa shape index (κ2) is 10.2. The molecule has 1 N–H and O–H groups in total. The number of hydrogen-bond acceptors (Lipinski definition) is 5. The molecule has 0 saturated heterocycles. The molecule has 0 unspecified atom stereocenters. The number of aliphatic carboxylic acids is 1. The van der Waals surface area contributed by atoms with Crippen molar-refractivity contribution in [1.82, 2.24) is 4.98 Å². The molecule has 0 aliphatic rings. The average molecular weight is 500 g/mol. The van der Waals surface area contributed by atoms with Crippen LogP contribution >= 0.6 is 11.3 Å². The fraction of sp³-hybridized carbons (Fsp3) is 0.154. The lowest BCUT2D eigenvalue weighted by atomic mass is 10.1. The van der Waals surface area contributed by atoms with E-state index in [2.05, 4.69) is 4.98 Å². The number of carboxylic acids is 1. The van der Waals surface area contributed by atoms with Crippen LogP contribution in [0.15, 0.2) is 72.8 Å². The zero-order valence-electron chi connectivity index (χ0n) is 18.5. The molecular weight excluding hydrogens is 479 g/mol. The summed E-state index contributed by atoms with van der Waals surface area (Å²) >= 11 is 1.35. The van der Waals surface area contributed by atoms with Gasteiger partial charge in [0.1, 0.15) is 17.4 Å². The van der Waals surface area contributed by atoms with Crippen LogP contribution in [0.1, 0.15) is 21.7 Å². The summed E-state index contributed by atoms with van der Waals surface area (Å²) < 4.78 is 50.4. The van der Waals surface area contributed by atoms with Gasteiger partial charge < -0.3 is 14.6 Å². The first-order valence-electron chi connectivity index (χ1n) is 10.5. The summed E-state index contributed by atoms with van der Waals surface area (Å²) in [5.74, 6) is 0.505. The highest BCUT2D eigenvalue weighted by Gasteiger charge is 2.30. The van der Waals surface area contributed by atoms with Gasteiger partial charge in [-0.1, -0.05) is 36.4 Å². The number of aromatic nitrogens is 1. The Labute approximate surface area is 203 Å². The maximum absolute atomic E-state index is 12.8. The van der Waals surface area contributed by atoms with Gasteiger partial charge in [-0.2, -0.15) is 13.2 Å². The van der Waals surface area contributed by atoms with Gasteiger partial charge in [0.15, 0.2) is 11.5 Å². The molecular formula is C26H20F3NO4S. The number of halogens is 3. The summed E-state index contributed by atoms with van der Waals surface area (Å²) in [6.07, 6.45) is -4.50. The molecule has 35 heavy (non-hydrogen) atoms. The van der Waals surface area contributed by atoms with E-state index in [0.717, 1.165) is 22.7 Å². The van der Waals surface area contributed by atoms with Gasteiger partial charge in [0.2, 0.25) is 0 Å². The fourth-order valence-corrected chi connectivity index (χ4v) is 4.29. The number of carbonyl (C=O) groups is 1. The van der Waals surface area contributed by atoms with Crippen molar-refractivity contribution in [2.75, 3.05) is 0 Å². The zero-order valence-corrected chi connectivity index (χ0v) is 19.3. The SMILES string of the molecule is Cc1nc(-c2ccc(C(F)(F)F)cc2)sc1COc1ccccc1Oc1cccc(CC(=O)O)c1. The average Bonchev–Trinajstić information content (AvgIpc) is 3.18. The van der Waals surface area contributed by atoms with Crippen LogP contribution in [0.3, 0.4) is 0 Å². The molecule has 0 fully saturated rings. The molecule has 0 amide bonds. The van der Waals surface area contributed by atoms with Crippen molar-refractivity contribution in [2.24, 2.45) is 0 Å². The minimum Gasteiger partial charge on any atom is -0.484 e. The maximum atomic E-state index is 12.8. The van der Waals surface area contributed by atoms with Gasteiger partial charge in [-0.05, 0) is 48.9 Å². The van der Waals surface area contributed by atoms with Crippen LogP contribution in [0, 0.1) is 6.92 Å². The third-order valence-corrected chi connectivity index (χ3v) is 6.22. The van der Waals surface area contributed by atoms with Crippen LogP contribution in [-0.4, -0.2) is 16.1 Å². The predicted molar refractivity (Wildman–Crippen MR) is 126 cm³/mol. The van der Waals surface area contributed by atoms with Gasteiger partial charge in [0, 0.05) is 5.56 Å². The Morgan fingerprint density at radius 3 is 2.40 bits per heavy atom. The van der Waals surface area contributed by atoms with Crippen molar-refractivity contribution >= 4 is 17.3 Å². The molecule has 4 aromatic rings. The Kier molecular flexibility index (Phi) is 7.07. The zero-order chi connectivity index (χ0) is 25.0. The number of carboxylic acid groups (broad SMARTS) is 1. The third-order valence-electron chi connectivity index (χ3n) is 5.04. The maximum Gasteiger partial charge on any atom is 0.416 e. The van der Waals surface area contributed by atoms with E-state index in [1.165, 1.54) is 23.5 Å². The van der Waals surface area contributed by atoms with E-state index in [4.69, 9.17) is 14.6 Å². The Morgan fingerprint density at radius 1 is 1.00 bits per heavy atom. The number of alkyl halides is 3. The number of hydrogen-bond donors (Lipinski definition) is 1. The molecule has 5 nitrogen and oxygen atoms in total. The third kappa shape index (κ3) is 6.19. The number of para-hydroxylation sites is 2.